The largest absolute Gasteiger partial charge is 0.383 e. The Labute approximate surface area is 154 Å². The molecule has 2 aliphatic rings. The second kappa shape index (κ2) is 9.88. The van der Waals surface area contributed by atoms with Crippen LogP contribution < -0.4 is 10.6 Å². The zero-order valence-electron chi connectivity index (χ0n) is 16.6. The molecule has 0 radical (unpaired) electrons. The quantitative estimate of drug-likeness (QED) is 0.337. The average molecular weight is 347 g/mol. The fourth-order valence-electron chi connectivity index (χ4n) is 4.23. The summed E-state index contributed by atoms with van der Waals surface area (Å²) in [6, 6.07) is 1.03. The number of rotatable bonds is 11. The standard InChI is InChI=1S/C21H38N4/c1-6-9-10-13-23-21(22-8-3)20-18-11-12-19(14-18)25(20)17(5)15-24-16(4)7-2/h18-20,24H,4-15H2,1-3H3,(H,22,23)/t18-,19?,20?/m0/s1. The number of fused-ring (bicyclic) bond motifs is 2. The number of piperidine rings is 1. The van der Waals surface area contributed by atoms with Crippen LogP contribution in [0.1, 0.15) is 65.7 Å². The molecule has 4 nitrogen and oxygen atoms in total. The van der Waals surface area contributed by atoms with Crippen molar-refractivity contribution in [3.63, 3.8) is 0 Å². The van der Waals surface area contributed by atoms with Gasteiger partial charge in [-0.3, -0.25) is 4.99 Å². The molecule has 2 unspecified atom stereocenters. The molecule has 0 amide bonds. The van der Waals surface area contributed by atoms with E-state index in [-0.39, 0.29) is 0 Å². The maximum absolute atomic E-state index is 4.98. The van der Waals surface area contributed by atoms with Gasteiger partial charge in [-0.1, -0.05) is 39.8 Å². The number of nitrogens with one attached hydrogen (secondary N) is 2. The van der Waals surface area contributed by atoms with Crippen molar-refractivity contribution in [1.82, 2.24) is 15.5 Å². The summed E-state index contributed by atoms with van der Waals surface area (Å²) in [6.07, 6.45) is 8.57. The monoisotopic (exact) mass is 346 g/mol. The molecule has 3 atom stereocenters. The van der Waals surface area contributed by atoms with Gasteiger partial charge < -0.3 is 15.5 Å². The lowest BCUT2D eigenvalue weighted by Crippen LogP contribution is -2.51. The fourth-order valence-corrected chi connectivity index (χ4v) is 4.23. The van der Waals surface area contributed by atoms with Gasteiger partial charge in [-0.15, -0.1) is 0 Å². The van der Waals surface area contributed by atoms with E-state index in [2.05, 4.69) is 49.5 Å². The van der Waals surface area contributed by atoms with Gasteiger partial charge in [0.2, 0.25) is 0 Å². The number of amidine groups is 1. The summed E-state index contributed by atoms with van der Waals surface area (Å²) in [5.41, 5.74) is 2.27. The number of nitrogens with zero attached hydrogens (tertiary/aromatic N) is 2. The Hall–Kier alpha value is -1.45. The molecular weight excluding hydrogens is 308 g/mol. The molecule has 1 saturated heterocycles. The van der Waals surface area contributed by atoms with Gasteiger partial charge in [0.25, 0.3) is 0 Å². The predicted octanol–water partition coefficient (Wildman–Crippen LogP) is 4.06. The molecule has 0 aromatic rings. The van der Waals surface area contributed by atoms with E-state index in [0.717, 1.165) is 37.7 Å². The average Bonchev–Trinajstić information content (AvgIpc) is 3.23. The Morgan fingerprint density at radius 3 is 2.60 bits per heavy atom. The number of aliphatic imine (C=N–C) groups is 1. The van der Waals surface area contributed by atoms with Crippen molar-refractivity contribution in [2.24, 2.45) is 10.9 Å². The predicted molar refractivity (Wildman–Crippen MR) is 109 cm³/mol. The first-order chi connectivity index (χ1) is 12.1. The zero-order chi connectivity index (χ0) is 18.2. The Balaban J connectivity index is 2.08. The van der Waals surface area contributed by atoms with Crippen molar-refractivity contribution in [2.75, 3.05) is 19.6 Å². The fraction of sp³-hybridized carbons (Fsp3) is 0.762. The number of likely N-dealkylation sites (tertiary alicyclic amines) is 1. The van der Waals surface area contributed by atoms with Gasteiger partial charge in [-0.25, -0.2) is 0 Å². The number of allylic oxidation sites excluding steroid dienone is 1. The molecule has 0 spiro atoms. The summed E-state index contributed by atoms with van der Waals surface area (Å²) in [5, 5.41) is 7.00. The first-order valence-corrected chi connectivity index (χ1v) is 10.3. The highest BCUT2D eigenvalue weighted by Crippen LogP contribution is 2.44. The summed E-state index contributed by atoms with van der Waals surface area (Å²) in [6.45, 7) is 17.7. The lowest BCUT2D eigenvalue weighted by Gasteiger charge is -2.39. The SMILES string of the molecule is C=C(CC)NCC(=C)N1C2CC[C@@H](C2)C1/C(=N/CCCCC)NCC. The van der Waals surface area contributed by atoms with E-state index >= 15 is 0 Å². The summed E-state index contributed by atoms with van der Waals surface area (Å²) < 4.78 is 0. The molecule has 25 heavy (non-hydrogen) atoms. The normalized spacial score (nSPS) is 25.3. The van der Waals surface area contributed by atoms with Gasteiger partial charge in [0.15, 0.2) is 0 Å². The van der Waals surface area contributed by atoms with Crippen LogP contribution in [0.3, 0.4) is 0 Å². The van der Waals surface area contributed by atoms with Gasteiger partial charge in [-0.2, -0.15) is 0 Å². The van der Waals surface area contributed by atoms with Crippen LogP contribution in [0.4, 0.5) is 0 Å². The van der Waals surface area contributed by atoms with E-state index < -0.39 is 0 Å². The molecule has 2 fully saturated rings. The highest BCUT2D eigenvalue weighted by molar-refractivity contribution is 5.88. The van der Waals surface area contributed by atoms with E-state index in [0.29, 0.717) is 12.1 Å². The van der Waals surface area contributed by atoms with Crippen LogP contribution in [-0.4, -0.2) is 42.5 Å². The Morgan fingerprint density at radius 2 is 1.92 bits per heavy atom. The first-order valence-electron chi connectivity index (χ1n) is 10.3. The van der Waals surface area contributed by atoms with Crippen molar-refractivity contribution < 1.29 is 0 Å². The minimum Gasteiger partial charge on any atom is -0.383 e. The highest BCUT2D eigenvalue weighted by Gasteiger charge is 2.48. The topological polar surface area (TPSA) is 39.7 Å². The van der Waals surface area contributed by atoms with Gasteiger partial charge >= 0.3 is 0 Å². The first kappa shape index (κ1) is 19.9. The minimum absolute atomic E-state index is 0.393. The molecule has 1 aliphatic carbocycles. The van der Waals surface area contributed by atoms with Crippen LogP contribution in [-0.2, 0) is 0 Å². The molecule has 2 bridgehead atoms. The highest BCUT2D eigenvalue weighted by atomic mass is 15.3. The molecule has 142 valence electrons. The molecule has 0 aromatic heterocycles. The molecule has 0 aromatic carbocycles. The maximum atomic E-state index is 4.98. The van der Waals surface area contributed by atoms with E-state index in [1.807, 2.05) is 0 Å². The summed E-state index contributed by atoms with van der Waals surface area (Å²) >= 11 is 0. The van der Waals surface area contributed by atoms with E-state index in [4.69, 9.17) is 4.99 Å². The molecule has 4 heteroatoms. The summed E-state index contributed by atoms with van der Waals surface area (Å²) in [4.78, 5) is 7.54. The van der Waals surface area contributed by atoms with E-state index in [1.165, 1.54) is 50.1 Å². The van der Waals surface area contributed by atoms with E-state index in [1.54, 1.807) is 0 Å². The number of hydrogen-bond acceptors (Lipinski definition) is 3. The lowest BCUT2D eigenvalue weighted by atomic mass is 9.96. The summed E-state index contributed by atoms with van der Waals surface area (Å²) in [5.74, 6) is 1.92. The van der Waals surface area contributed by atoms with Crippen LogP contribution in [0.5, 0.6) is 0 Å². The van der Waals surface area contributed by atoms with Gasteiger partial charge in [0.1, 0.15) is 5.84 Å². The number of hydrogen-bond donors (Lipinski definition) is 2. The Kier molecular flexibility index (Phi) is 7.86. The second-order valence-corrected chi connectivity index (χ2v) is 7.46. The molecule has 2 N–H and O–H groups in total. The smallest absolute Gasteiger partial charge is 0.119 e. The second-order valence-electron chi connectivity index (χ2n) is 7.46. The molecule has 1 heterocycles. The Bertz CT molecular complexity index is 482. The van der Waals surface area contributed by atoms with Crippen LogP contribution in [0, 0.1) is 5.92 Å². The molecule has 1 saturated carbocycles. The molecule has 2 rings (SSSR count). The zero-order valence-corrected chi connectivity index (χ0v) is 16.6. The maximum Gasteiger partial charge on any atom is 0.119 e. The van der Waals surface area contributed by atoms with E-state index in [9.17, 15) is 0 Å². The van der Waals surface area contributed by atoms with Gasteiger partial charge in [-0.05, 0) is 44.9 Å². The van der Waals surface area contributed by atoms with Crippen LogP contribution in [0.25, 0.3) is 0 Å². The lowest BCUT2D eigenvalue weighted by molar-refractivity contribution is 0.225. The molecule has 1 aliphatic heterocycles. The van der Waals surface area contributed by atoms with Crippen molar-refractivity contribution >= 4 is 5.84 Å². The van der Waals surface area contributed by atoms with Crippen molar-refractivity contribution in [3.05, 3.63) is 24.6 Å². The van der Waals surface area contributed by atoms with Crippen molar-refractivity contribution in [2.45, 2.75) is 77.8 Å². The number of unbranched alkanes of at least 4 members (excludes halogenated alkanes) is 2. The molecular formula is C21H38N4. The van der Waals surface area contributed by atoms with Crippen LogP contribution >= 0.6 is 0 Å². The van der Waals surface area contributed by atoms with Gasteiger partial charge in [0, 0.05) is 30.5 Å². The van der Waals surface area contributed by atoms with Crippen molar-refractivity contribution in [1.29, 1.82) is 0 Å². The van der Waals surface area contributed by atoms with Crippen molar-refractivity contribution in [3.8, 4) is 0 Å². The third-order valence-electron chi connectivity index (χ3n) is 5.60. The van der Waals surface area contributed by atoms with Crippen LogP contribution in [0.15, 0.2) is 29.5 Å². The Morgan fingerprint density at radius 1 is 1.12 bits per heavy atom. The minimum atomic E-state index is 0.393. The van der Waals surface area contributed by atoms with Gasteiger partial charge in [0.05, 0.1) is 12.6 Å². The van der Waals surface area contributed by atoms with Crippen LogP contribution in [0.2, 0.25) is 0 Å². The third kappa shape index (κ3) is 5.02. The number of likely N-dealkylation sites (N-methyl/N-ethyl adjacent to an activating group) is 1. The third-order valence-corrected chi connectivity index (χ3v) is 5.60. The summed E-state index contributed by atoms with van der Waals surface area (Å²) in [7, 11) is 0.